The molecule has 0 heterocycles. The zero-order chi connectivity index (χ0) is 19.1. The Balaban J connectivity index is 2.29. The molecular weight excluding hydrogens is 377 g/mol. The molecule has 2 aromatic carbocycles. The van der Waals surface area contributed by atoms with Crippen molar-refractivity contribution >= 4 is 35.1 Å². The number of amides is 1. The molecule has 0 aliphatic heterocycles. The Hall–Kier alpha value is -2.34. The second-order valence-electron chi connectivity index (χ2n) is 5.39. The average molecular weight is 394 g/mol. The van der Waals surface area contributed by atoms with Crippen LogP contribution in [0, 0.1) is 0 Å². The Morgan fingerprint density at radius 3 is 2.35 bits per heavy atom. The van der Waals surface area contributed by atoms with Gasteiger partial charge in [-0.15, -0.1) is 0 Å². The average Bonchev–Trinajstić information content (AvgIpc) is 2.64. The molecule has 0 bridgehead atoms. The Kier molecular flexibility index (Phi) is 7.21. The van der Waals surface area contributed by atoms with Gasteiger partial charge in [-0.25, -0.2) is 4.79 Å². The summed E-state index contributed by atoms with van der Waals surface area (Å²) >= 11 is 11.9. The fourth-order valence-electron chi connectivity index (χ4n) is 2.31. The van der Waals surface area contributed by atoms with Crippen molar-refractivity contribution < 1.29 is 19.4 Å². The lowest BCUT2D eigenvalue weighted by molar-refractivity contribution is -0.135. The first-order valence-corrected chi connectivity index (χ1v) is 8.42. The molecule has 0 radical (unpaired) electrons. The normalized spacial score (nSPS) is 13.2. The van der Waals surface area contributed by atoms with Crippen LogP contribution in [-0.4, -0.2) is 24.1 Å². The van der Waals surface area contributed by atoms with Crippen molar-refractivity contribution in [1.82, 2.24) is 5.32 Å². The molecule has 136 valence electrons. The van der Waals surface area contributed by atoms with E-state index < -0.39 is 24.0 Å². The van der Waals surface area contributed by atoms with Gasteiger partial charge in [0.15, 0.2) is 0 Å². The Labute approximate surface area is 161 Å². The van der Waals surface area contributed by atoms with Crippen LogP contribution in [0.15, 0.2) is 60.7 Å². The van der Waals surface area contributed by atoms with Gasteiger partial charge in [-0.2, -0.15) is 0 Å². The van der Waals surface area contributed by atoms with Crippen LogP contribution in [0.25, 0.3) is 0 Å². The highest BCUT2D eigenvalue weighted by Gasteiger charge is 2.24. The summed E-state index contributed by atoms with van der Waals surface area (Å²) in [5.41, 5.74) is 1.18. The minimum atomic E-state index is -1.06. The number of benzene rings is 2. The van der Waals surface area contributed by atoms with Crippen LogP contribution in [0.2, 0.25) is 10.0 Å². The number of carbonyl (C=O) groups excluding carboxylic acids is 2. The Morgan fingerprint density at radius 2 is 1.73 bits per heavy atom. The van der Waals surface area contributed by atoms with E-state index in [0.717, 1.165) is 12.2 Å². The minimum Gasteiger partial charge on any atom is -0.466 e. The van der Waals surface area contributed by atoms with Crippen molar-refractivity contribution in [3.05, 3.63) is 81.9 Å². The second kappa shape index (κ2) is 9.38. The summed E-state index contributed by atoms with van der Waals surface area (Å²) in [7, 11) is 1.21. The van der Waals surface area contributed by atoms with E-state index in [0.29, 0.717) is 21.2 Å². The van der Waals surface area contributed by atoms with Gasteiger partial charge in [-0.1, -0.05) is 47.5 Å². The van der Waals surface area contributed by atoms with Crippen molar-refractivity contribution in [3.63, 3.8) is 0 Å². The molecular formula is C19H17Cl2NO4. The number of nitrogens with one attached hydrogen (secondary N) is 1. The molecule has 2 N–H and O–H groups in total. The van der Waals surface area contributed by atoms with Gasteiger partial charge >= 0.3 is 5.97 Å². The van der Waals surface area contributed by atoms with Crippen molar-refractivity contribution in [2.45, 2.75) is 12.1 Å². The minimum absolute atomic E-state index is 0.466. The molecule has 7 heteroatoms. The number of ether oxygens (including phenoxy) is 1. The molecule has 0 aliphatic rings. The van der Waals surface area contributed by atoms with Crippen LogP contribution in [0.5, 0.6) is 0 Å². The number of esters is 1. The van der Waals surface area contributed by atoms with Crippen molar-refractivity contribution in [3.8, 4) is 0 Å². The Morgan fingerprint density at radius 1 is 1.04 bits per heavy atom. The number of aliphatic hydroxyl groups excluding tert-OH is 1. The molecule has 0 aromatic heterocycles. The van der Waals surface area contributed by atoms with Crippen LogP contribution < -0.4 is 5.32 Å². The number of hydrogen-bond acceptors (Lipinski definition) is 4. The van der Waals surface area contributed by atoms with Gasteiger partial charge in [-0.05, 0) is 35.4 Å². The molecule has 1 amide bonds. The van der Waals surface area contributed by atoms with Crippen LogP contribution in [-0.2, 0) is 14.3 Å². The lowest BCUT2D eigenvalue weighted by atomic mass is 9.95. The van der Waals surface area contributed by atoms with E-state index in [1.54, 1.807) is 48.5 Å². The van der Waals surface area contributed by atoms with Gasteiger partial charge < -0.3 is 15.2 Å². The smallest absolute Gasteiger partial charge is 0.330 e. The number of halogens is 2. The van der Waals surface area contributed by atoms with Gasteiger partial charge in [0.25, 0.3) is 0 Å². The monoisotopic (exact) mass is 393 g/mol. The van der Waals surface area contributed by atoms with E-state index in [-0.39, 0.29) is 0 Å². The summed E-state index contributed by atoms with van der Waals surface area (Å²) in [4.78, 5) is 23.3. The lowest BCUT2D eigenvalue weighted by Gasteiger charge is -2.25. The number of rotatable bonds is 6. The molecule has 0 saturated heterocycles. The molecule has 0 spiro atoms. The zero-order valence-electron chi connectivity index (χ0n) is 13.9. The van der Waals surface area contributed by atoms with E-state index >= 15 is 0 Å². The number of aliphatic hydroxyl groups is 1. The van der Waals surface area contributed by atoms with E-state index in [9.17, 15) is 14.7 Å². The number of hydrogen-bond donors (Lipinski definition) is 2. The van der Waals surface area contributed by atoms with Crippen LogP contribution >= 0.6 is 23.2 Å². The predicted octanol–water partition coefficient (Wildman–Crippen LogP) is 3.61. The molecule has 2 atom stereocenters. The third-order valence-corrected chi connectivity index (χ3v) is 4.09. The van der Waals surface area contributed by atoms with Gasteiger partial charge in [0, 0.05) is 22.2 Å². The second-order valence-corrected chi connectivity index (χ2v) is 6.27. The van der Waals surface area contributed by atoms with Crippen molar-refractivity contribution in [2.24, 2.45) is 0 Å². The van der Waals surface area contributed by atoms with Crippen LogP contribution in [0.3, 0.4) is 0 Å². The van der Waals surface area contributed by atoms with Gasteiger partial charge in [0.05, 0.1) is 13.2 Å². The largest absolute Gasteiger partial charge is 0.466 e. The third-order valence-electron chi connectivity index (χ3n) is 3.60. The van der Waals surface area contributed by atoms with Crippen molar-refractivity contribution in [1.29, 1.82) is 0 Å². The quantitative estimate of drug-likeness (QED) is 0.580. The van der Waals surface area contributed by atoms with Gasteiger partial charge in [0.1, 0.15) is 6.10 Å². The van der Waals surface area contributed by atoms with E-state index in [1.807, 2.05) is 0 Å². The molecule has 0 aliphatic carbocycles. The number of carbonyl (C=O) groups is 2. The van der Waals surface area contributed by atoms with E-state index in [1.165, 1.54) is 7.11 Å². The predicted molar refractivity (Wildman–Crippen MR) is 99.9 cm³/mol. The molecule has 0 fully saturated rings. The third kappa shape index (κ3) is 5.59. The fourth-order valence-corrected chi connectivity index (χ4v) is 2.64. The molecule has 26 heavy (non-hydrogen) atoms. The lowest BCUT2D eigenvalue weighted by Crippen LogP contribution is -2.31. The summed E-state index contributed by atoms with van der Waals surface area (Å²) in [6, 6.07) is 12.7. The summed E-state index contributed by atoms with van der Waals surface area (Å²) in [6.45, 7) is 0. The highest BCUT2D eigenvalue weighted by molar-refractivity contribution is 6.30. The molecule has 2 rings (SSSR count). The highest BCUT2D eigenvalue weighted by Crippen LogP contribution is 2.30. The van der Waals surface area contributed by atoms with Gasteiger partial charge in [-0.3, -0.25) is 4.79 Å². The maximum absolute atomic E-state index is 12.1. The SMILES string of the molecule is COC(=O)/C=C/C(=O)N[C@H](c1ccc(Cl)cc1)[C@H](O)c1cccc(Cl)c1. The Bertz CT molecular complexity index is 805. The standard InChI is InChI=1S/C19H17Cl2NO4/c1-26-17(24)10-9-16(23)22-18(12-5-7-14(20)8-6-12)19(25)13-3-2-4-15(21)11-13/h2-11,18-19,25H,1H3,(H,22,23)/b10-9+/t18-,19-/m1/s1. The summed E-state index contributed by atoms with van der Waals surface area (Å²) in [5, 5.41) is 14.5. The maximum atomic E-state index is 12.1. The summed E-state index contributed by atoms with van der Waals surface area (Å²) in [6.07, 6.45) is 0.977. The van der Waals surface area contributed by atoms with Gasteiger partial charge in [0.2, 0.25) is 5.91 Å². The first-order chi connectivity index (χ1) is 12.4. The van der Waals surface area contributed by atoms with Crippen molar-refractivity contribution in [2.75, 3.05) is 7.11 Å². The number of methoxy groups -OCH3 is 1. The first kappa shape index (κ1) is 20.0. The fraction of sp³-hybridized carbons (Fsp3) is 0.158. The molecule has 0 saturated carbocycles. The van der Waals surface area contributed by atoms with E-state index in [4.69, 9.17) is 23.2 Å². The molecule has 0 unspecified atom stereocenters. The van der Waals surface area contributed by atoms with Crippen LogP contribution in [0.1, 0.15) is 23.3 Å². The maximum Gasteiger partial charge on any atom is 0.330 e. The summed E-state index contributed by atoms with van der Waals surface area (Å²) < 4.78 is 4.45. The molecule has 2 aromatic rings. The molecule has 5 nitrogen and oxygen atoms in total. The van der Waals surface area contributed by atoms with E-state index in [2.05, 4.69) is 10.1 Å². The zero-order valence-corrected chi connectivity index (χ0v) is 15.4. The van der Waals surface area contributed by atoms with Crippen LogP contribution in [0.4, 0.5) is 0 Å². The highest BCUT2D eigenvalue weighted by atomic mass is 35.5. The summed E-state index contributed by atoms with van der Waals surface area (Å²) in [5.74, 6) is -1.21. The topological polar surface area (TPSA) is 75.6 Å². The first-order valence-electron chi connectivity index (χ1n) is 7.66.